The second-order valence-electron chi connectivity index (χ2n) is 4.31. The first kappa shape index (κ1) is 15.3. The van der Waals surface area contributed by atoms with Crippen LogP contribution in [0, 0.1) is 11.6 Å². The van der Waals surface area contributed by atoms with Gasteiger partial charge in [-0.25, -0.2) is 8.78 Å². The van der Waals surface area contributed by atoms with E-state index >= 15 is 0 Å². The van der Waals surface area contributed by atoms with Crippen molar-refractivity contribution in [3.63, 3.8) is 0 Å². The first-order valence-electron chi connectivity index (χ1n) is 6.14. The molecule has 1 N–H and O–H groups in total. The van der Waals surface area contributed by atoms with Gasteiger partial charge in [0.2, 0.25) is 0 Å². The first-order chi connectivity index (χ1) is 9.97. The molecule has 0 saturated carbocycles. The zero-order valence-corrected chi connectivity index (χ0v) is 11.8. The summed E-state index contributed by atoms with van der Waals surface area (Å²) in [5.41, 5.74) is 0.147. The van der Waals surface area contributed by atoms with Crippen molar-refractivity contribution in [2.45, 2.75) is 13.0 Å². The van der Waals surface area contributed by atoms with Crippen molar-refractivity contribution < 1.29 is 18.3 Å². The monoisotopic (exact) mass is 311 g/mol. The maximum Gasteiger partial charge on any atom is 0.265 e. The van der Waals surface area contributed by atoms with Gasteiger partial charge >= 0.3 is 0 Å². The van der Waals surface area contributed by atoms with E-state index in [1.165, 1.54) is 13.0 Å². The molecule has 0 radical (unpaired) electrons. The van der Waals surface area contributed by atoms with Crippen LogP contribution in [0.25, 0.3) is 0 Å². The Morgan fingerprint density at radius 3 is 2.57 bits per heavy atom. The summed E-state index contributed by atoms with van der Waals surface area (Å²) in [6.45, 7) is 1.53. The van der Waals surface area contributed by atoms with Gasteiger partial charge in [-0.3, -0.25) is 4.79 Å². The molecule has 2 aromatic rings. The van der Waals surface area contributed by atoms with Crippen LogP contribution in [-0.2, 0) is 4.79 Å². The summed E-state index contributed by atoms with van der Waals surface area (Å²) in [6, 6.07) is 9.82. The highest BCUT2D eigenvalue weighted by atomic mass is 35.5. The van der Waals surface area contributed by atoms with Crippen LogP contribution in [-0.4, -0.2) is 12.0 Å². The Balaban J connectivity index is 2.02. The molecule has 1 amide bonds. The second-order valence-corrected chi connectivity index (χ2v) is 4.72. The van der Waals surface area contributed by atoms with Gasteiger partial charge in [0.25, 0.3) is 5.91 Å². The molecule has 110 valence electrons. The van der Waals surface area contributed by atoms with Crippen molar-refractivity contribution in [3.8, 4) is 5.75 Å². The average Bonchev–Trinajstić information content (AvgIpc) is 2.45. The molecule has 21 heavy (non-hydrogen) atoms. The van der Waals surface area contributed by atoms with Gasteiger partial charge < -0.3 is 10.1 Å². The van der Waals surface area contributed by atoms with Crippen LogP contribution >= 0.6 is 11.6 Å². The molecule has 6 heteroatoms. The number of carbonyl (C=O) groups excluding carboxylic acids is 1. The summed E-state index contributed by atoms with van der Waals surface area (Å²) >= 11 is 5.92. The molecule has 3 nitrogen and oxygen atoms in total. The van der Waals surface area contributed by atoms with E-state index in [0.717, 1.165) is 12.1 Å². The van der Waals surface area contributed by atoms with E-state index in [4.69, 9.17) is 16.3 Å². The molecule has 0 unspecified atom stereocenters. The van der Waals surface area contributed by atoms with Crippen molar-refractivity contribution in [3.05, 3.63) is 59.1 Å². The Kier molecular flexibility index (Phi) is 4.75. The zero-order chi connectivity index (χ0) is 15.4. The molecular weight excluding hydrogens is 300 g/mol. The van der Waals surface area contributed by atoms with Crippen LogP contribution in [0.3, 0.4) is 0 Å². The summed E-state index contributed by atoms with van der Waals surface area (Å²) in [4.78, 5) is 11.9. The summed E-state index contributed by atoms with van der Waals surface area (Å²) in [6.07, 6.45) is -0.849. The van der Waals surface area contributed by atoms with Gasteiger partial charge in [0, 0.05) is 11.8 Å². The van der Waals surface area contributed by atoms with Crippen molar-refractivity contribution in [2.75, 3.05) is 5.32 Å². The van der Waals surface area contributed by atoms with Gasteiger partial charge in [-0.15, -0.1) is 0 Å². The molecule has 0 aromatic heterocycles. The molecule has 0 spiro atoms. The molecule has 1 atom stereocenters. The van der Waals surface area contributed by atoms with E-state index in [2.05, 4.69) is 5.32 Å². The molecule has 0 aliphatic rings. The van der Waals surface area contributed by atoms with Crippen molar-refractivity contribution in [1.82, 2.24) is 0 Å². The van der Waals surface area contributed by atoms with E-state index in [9.17, 15) is 13.6 Å². The second kappa shape index (κ2) is 6.54. The van der Waals surface area contributed by atoms with E-state index < -0.39 is 23.6 Å². The molecule has 2 aromatic carbocycles. The van der Waals surface area contributed by atoms with Crippen molar-refractivity contribution in [1.29, 1.82) is 0 Å². The molecule has 0 bridgehead atoms. The third-order valence-electron chi connectivity index (χ3n) is 2.70. The Labute approximate surface area is 125 Å². The van der Waals surface area contributed by atoms with Gasteiger partial charge in [0.05, 0.1) is 5.02 Å². The van der Waals surface area contributed by atoms with Gasteiger partial charge in [0.15, 0.2) is 17.7 Å². The molecular formula is C15H12ClF2NO2. The van der Waals surface area contributed by atoms with Gasteiger partial charge in [-0.1, -0.05) is 23.7 Å². The van der Waals surface area contributed by atoms with Gasteiger partial charge in [-0.2, -0.15) is 0 Å². The number of hydrogen-bond donors (Lipinski definition) is 1. The van der Waals surface area contributed by atoms with E-state index in [0.29, 0.717) is 10.8 Å². The molecule has 0 heterocycles. The van der Waals surface area contributed by atoms with Gasteiger partial charge in [0.1, 0.15) is 5.75 Å². The summed E-state index contributed by atoms with van der Waals surface area (Å²) < 4.78 is 31.3. The number of carbonyl (C=O) groups is 1. The highest BCUT2D eigenvalue weighted by Gasteiger charge is 2.16. The Morgan fingerprint density at radius 2 is 1.90 bits per heavy atom. The van der Waals surface area contributed by atoms with Crippen LogP contribution in [0.15, 0.2) is 42.5 Å². The quantitative estimate of drug-likeness (QED) is 0.926. The zero-order valence-electron chi connectivity index (χ0n) is 11.1. The van der Waals surface area contributed by atoms with Crippen LogP contribution < -0.4 is 10.1 Å². The molecule has 0 fully saturated rings. The Morgan fingerprint density at radius 1 is 1.19 bits per heavy atom. The van der Waals surface area contributed by atoms with E-state index in [-0.39, 0.29) is 5.69 Å². The highest BCUT2D eigenvalue weighted by Crippen LogP contribution is 2.24. The van der Waals surface area contributed by atoms with Crippen LogP contribution in [0.1, 0.15) is 6.92 Å². The first-order valence-corrected chi connectivity index (χ1v) is 6.52. The summed E-state index contributed by atoms with van der Waals surface area (Å²) in [5, 5.41) is 2.82. The van der Waals surface area contributed by atoms with Gasteiger partial charge in [-0.05, 0) is 31.2 Å². The number of anilines is 1. The minimum Gasteiger partial charge on any atom is -0.479 e. The standard InChI is InChI=1S/C15H12ClF2NO2/c1-9(21-14-5-3-2-4-11(14)16)15(20)19-10-6-7-12(17)13(18)8-10/h2-9H,1H3,(H,19,20)/t9-/m0/s1. The minimum atomic E-state index is -1.03. The van der Waals surface area contributed by atoms with Crippen molar-refractivity contribution >= 4 is 23.2 Å². The third-order valence-corrected chi connectivity index (χ3v) is 3.01. The lowest BCUT2D eigenvalue weighted by atomic mass is 10.2. The number of hydrogen-bond acceptors (Lipinski definition) is 2. The fourth-order valence-corrected chi connectivity index (χ4v) is 1.78. The fourth-order valence-electron chi connectivity index (χ4n) is 1.60. The lowest BCUT2D eigenvalue weighted by molar-refractivity contribution is -0.122. The minimum absolute atomic E-state index is 0.147. The molecule has 0 saturated heterocycles. The van der Waals surface area contributed by atoms with E-state index in [1.807, 2.05) is 0 Å². The maximum atomic E-state index is 13.1. The number of rotatable bonds is 4. The largest absolute Gasteiger partial charge is 0.479 e. The lowest BCUT2D eigenvalue weighted by Gasteiger charge is -2.15. The number of benzene rings is 2. The van der Waals surface area contributed by atoms with E-state index in [1.54, 1.807) is 24.3 Å². The summed E-state index contributed by atoms with van der Waals surface area (Å²) in [7, 11) is 0. The fraction of sp³-hybridized carbons (Fsp3) is 0.133. The smallest absolute Gasteiger partial charge is 0.265 e. The summed E-state index contributed by atoms with van der Waals surface area (Å²) in [5.74, 6) is -2.14. The normalized spacial score (nSPS) is 11.8. The highest BCUT2D eigenvalue weighted by molar-refractivity contribution is 6.32. The van der Waals surface area contributed by atoms with Crippen molar-refractivity contribution in [2.24, 2.45) is 0 Å². The topological polar surface area (TPSA) is 38.3 Å². The average molecular weight is 312 g/mol. The third kappa shape index (κ3) is 3.92. The Bertz CT molecular complexity index is 664. The predicted molar refractivity (Wildman–Crippen MR) is 76.5 cm³/mol. The van der Waals surface area contributed by atoms with Crippen LogP contribution in [0.4, 0.5) is 14.5 Å². The molecule has 0 aliphatic heterocycles. The van der Waals surface area contributed by atoms with Crippen LogP contribution in [0.2, 0.25) is 5.02 Å². The molecule has 0 aliphatic carbocycles. The number of amides is 1. The number of halogens is 3. The number of ether oxygens (including phenoxy) is 1. The predicted octanol–water partition coefficient (Wildman–Crippen LogP) is 4.02. The SMILES string of the molecule is C[C@H](Oc1ccccc1Cl)C(=O)Nc1ccc(F)c(F)c1. The number of para-hydroxylation sites is 1. The lowest BCUT2D eigenvalue weighted by Crippen LogP contribution is -2.30. The molecule has 2 rings (SSSR count). The maximum absolute atomic E-state index is 13.1. The van der Waals surface area contributed by atoms with Crippen LogP contribution in [0.5, 0.6) is 5.75 Å². The number of nitrogens with one attached hydrogen (secondary N) is 1. The Hall–Kier alpha value is -2.14.